The minimum absolute atomic E-state index is 0.00509. The molecule has 1 aromatic carbocycles. The number of nitro groups is 1. The number of nitrogens with one attached hydrogen (secondary N) is 2. The molecule has 2 N–H and O–H groups in total. The largest absolute Gasteiger partial charge is 0.322 e. The van der Waals surface area contributed by atoms with Crippen LogP contribution >= 0.6 is 0 Å². The molecule has 0 unspecified atom stereocenters. The smallest absolute Gasteiger partial charge is 0.317 e. The highest BCUT2D eigenvalue weighted by Crippen LogP contribution is 2.20. The van der Waals surface area contributed by atoms with E-state index in [1.165, 1.54) is 24.3 Å². The average Bonchev–Trinajstić information content (AvgIpc) is 2.38. The van der Waals surface area contributed by atoms with Crippen molar-refractivity contribution in [1.82, 2.24) is 10.2 Å². The third-order valence-electron chi connectivity index (χ3n) is 3.38. The summed E-state index contributed by atoms with van der Waals surface area (Å²) >= 11 is 0. The van der Waals surface area contributed by atoms with Crippen LogP contribution in [0.3, 0.4) is 0 Å². The lowest BCUT2D eigenvalue weighted by molar-refractivity contribution is -0.384. The van der Waals surface area contributed by atoms with E-state index >= 15 is 0 Å². The second-order valence-electron chi connectivity index (χ2n) is 5.37. The quantitative estimate of drug-likeness (QED) is 0.638. The van der Waals surface area contributed by atoms with Crippen LogP contribution in [0.4, 0.5) is 16.2 Å². The van der Waals surface area contributed by atoms with E-state index in [0.717, 1.165) is 13.1 Å². The van der Waals surface area contributed by atoms with Crippen molar-refractivity contribution >= 4 is 17.4 Å². The molecule has 0 atom stereocenters. The second kappa shape index (κ2) is 5.46. The van der Waals surface area contributed by atoms with Crippen LogP contribution < -0.4 is 10.6 Å². The summed E-state index contributed by atoms with van der Waals surface area (Å²) in [5.74, 6) is 0. The Kier molecular flexibility index (Phi) is 3.89. The van der Waals surface area contributed by atoms with Gasteiger partial charge < -0.3 is 15.5 Å². The molecule has 0 aromatic heterocycles. The van der Waals surface area contributed by atoms with Gasteiger partial charge in [0.05, 0.1) is 10.5 Å². The fourth-order valence-electron chi connectivity index (χ4n) is 2.22. The number of amides is 2. The Morgan fingerprint density at radius 3 is 2.60 bits per heavy atom. The predicted molar refractivity (Wildman–Crippen MR) is 75.8 cm³/mol. The lowest BCUT2D eigenvalue weighted by atomic mass is 10.0. The first-order chi connectivity index (χ1) is 9.40. The molecule has 0 spiro atoms. The Bertz CT molecular complexity index is 513. The van der Waals surface area contributed by atoms with Gasteiger partial charge in [0.1, 0.15) is 0 Å². The van der Waals surface area contributed by atoms with Crippen LogP contribution in [0.1, 0.15) is 13.8 Å². The Morgan fingerprint density at radius 2 is 2.05 bits per heavy atom. The molecular weight excluding hydrogens is 260 g/mol. The highest BCUT2D eigenvalue weighted by atomic mass is 16.6. The van der Waals surface area contributed by atoms with Gasteiger partial charge in [-0.2, -0.15) is 0 Å². The first-order valence-corrected chi connectivity index (χ1v) is 6.44. The number of piperazine rings is 1. The Labute approximate surface area is 117 Å². The van der Waals surface area contributed by atoms with Gasteiger partial charge in [-0.1, -0.05) is 0 Å². The normalized spacial score (nSPS) is 17.6. The number of carbonyl (C=O) groups excluding carboxylic acids is 1. The number of rotatable bonds is 2. The molecule has 2 amide bonds. The molecule has 1 fully saturated rings. The second-order valence-corrected chi connectivity index (χ2v) is 5.37. The van der Waals surface area contributed by atoms with Crippen LogP contribution in [0.15, 0.2) is 24.3 Å². The summed E-state index contributed by atoms with van der Waals surface area (Å²) < 4.78 is 0. The number of nitrogens with zero attached hydrogens (tertiary/aromatic N) is 2. The van der Waals surface area contributed by atoms with Gasteiger partial charge in [-0.25, -0.2) is 4.79 Å². The number of benzene rings is 1. The summed E-state index contributed by atoms with van der Waals surface area (Å²) in [6, 6.07) is 5.62. The fourth-order valence-corrected chi connectivity index (χ4v) is 2.22. The zero-order valence-electron chi connectivity index (χ0n) is 11.5. The number of carbonyl (C=O) groups is 1. The van der Waals surface area contributed by atoms with Gasteiger partial charge in [-0.05, 0) is 26.0 Å². The number of non-ortho nitro benzene ring substituents is 1. The van der Waals surface area contributed by atoms with E-state index < -0.39 is 4.92 Å². The van der Waals surface area contributed by atoms with Crippen LogP contribution in [0.5, 0.6) is 0 Å². The van der Waals surface area contributed by atoms with Crippen molar-refractivity contribution < 1.29 is 9.72 Å². The van der Waals surface area contributed by atoms with Crippen LogP contribution in [-0.4, -0.2) is 41.0 Å². The van der Waals surface area contributed by atoms with Crippen molar-refractivity contribution in [2.45, 2.75) is 19.4 Å². The molecular formula is C13H18N4O3. The van der Waals surface area contributed by atoms with Crippen LogP contribution in [0, 0.1) is 10.1 Å². The maximum Gasteiger partial charge on any atom is 0.322 e. The highest BCUT2D eigenvalue weighted by Gasteiger charge is 2.33. The van der Waals surface area contributed by atoms with Gasteiger partial charge in [0, 0.05) is 37.5 Å². The first-order valence-electron chi connectivity index (χ1n) is 6.44. The van der Waals surface area contributed by atoms with E-state index in [0.29, 0.717) is 12.2 Å². The molecule has 1 aliphatic heterocycles. The molecule has 7 heteroatoms. The summed E-state index contributed by atoms with van der Waals surface area (Å²) in [6.45, 7) is 6.12. The molecule has 0 aliphatic carbocycles. The summed E-state index contributed by atoms with van der Waals surface area (Å²) in [7, 11) is 0. The lowest BCUT2D eigenvalue weighted by Crippen LogP contribution is -2.60. The summed E-state index contributed by atoms with van der Waals surface area (Å²) in [5.41, 5.74) is 0.295. The molecule has 2 rings (SSSR count). The van der Waals surface area contributed by atoms with Crippen LogP contribution in [0.2, 0.25) is 0 Å². The average molecular weight is 278 g/mol. The van der Waals surface area contributed by atoms with Gasteiger partial charge in [-0.15, -0.1) is 0 Å². The molecule has 1 saturated heterocycles. The summed E-state index contributed by atoms with van der Waals surface area (Å²) in [4.78, 5) is 24.1. The number of nitro benzene ring substituents is 1. The lowest BCUT2D eigenvalue weighted by Gasteiger charge is -2.42. The van der Waals surface area contributed by atoms with Gasteiger partial charge in [0.2, 0.25) is 0 Å². The number of hydrogen-bond donors (Lipinski definition) is 2. The molecule has 0 bridgehead atoms. The molecule has 7 nitrogen and oxygen atoms in total. The Balaban J connectivity index is 2.05. The van der Waals surface area contributed by atoms with E-state index in [1.54, 1.807) is 4.90 Å². The van der Waals surface area contributed by atoms with Crippen LogP contribution in [0.25, 0.3) is 0 Å². The maximum atomic E-state index is 12.3. The van der Waals surface area contributed by atoms with Crippen molar-refractivity contribution in [2.24, 2.45) is 0 Å². The van der Waals surface area contributed by atoms with Gasteiger partial charge in [-0.3, -0.25) is 10.1 Å². The van der Waals surface area contributed by atoms with E-state index in [9.17, 15) is 14.9 Å². The predicted octanol–water partition coefficient (Wildman–Crippen LogP) is 1.81. The monoisotopic (exact) mass is 278 g/mol. The first kappa shape index (κ1) is 14.3. The molecule has 0 radical (unpaired) electrons. The number of urea groups is 1. The van der Waals surface area contributed by atoms with E-state index in [1.807, 2.05) is 13.8 Å². The maximum absolute atomic E-state index is 12.3. The molecule has 1 heterocycles. The van der Waals surface area contributed by atoms with Gasteiger partial charge >= 0.3 is 6.03 Å². The van der Waals surface area contributed by atoms with E-state index in [-0.39, 0.29) is 17.3 Å². The van der Waals surface area contributed by atoms with E-state index in [2.05, 4.69) is 10.6 Å². The fraction of sp³-hybridized carbons (Fsp3) is 0.462. The van der Waals surface area contributed by atoms with Crippen molar-refractivity contribution in [3.63, 3.8) is 0 Å². The summed E-state index contributed by atoms with van der Waals surface area (Å²) in [5, 5.41) is 16.6. The van der Waals surface area contributed by atoms with Gasteiger partial charge in [0.25, 0.3) is 5.69 Å². The van der Waals surface area contributed by atoms with Crippen LogP contribution in [-0.2, 0) is 0 Å². The standard InChI is InChI=1S/C13H18N4O3/c1-13(2)9-14-7-8-16(13)12(18)15-10-3-5-11(6-4-10)17(19)20/h3-6,14H,7-9H2,1-2H3,(H,15,18). The SMILES string of the molecule is CC1(C)CNCCN1C(=O)Nc1ccc([N+](=O)[O-])cc1. The zero-order chi connectivity index (χ0) is 14.8. The summed E-state index contributed by atoms with van der Waals surface area (Å²) in [6.07, 6.45) is 0. The molecule has 0 saturated carbocycles. The van der Waals surface area contributed by atoms with E-state index in [4.69, 9.17) is 0 Å². The minimum atomic E-state index is -0.467. The van der Waals surface area contributed by atoms with Crippen molar-refractivity contribution in [1.29, 1.82) is 0 Å². The molecule has 1 aliphatic rings. The van der Waals surface area contributed by atoms with Crippen molar-refractivity contribution in [3.8, 4) is 0 Å². The number of hydrogen-bond acceptors (Lipinski definition) is 4. The molecule has 20 heavy (non-hydrogen) atoms. The van der Waals surface area contributed by atoms with Crippen molar-refractivity contribution in [3.05, 3.63) is 34.4 Å². The third-order valence-corrected chi connectivity index (χ3v) is 3.38. The Hall–Kier alpha value is -2.15. The van der Waals surface area contributed by atoms with Crippen molar-refractivity contribution in [2.75, 3.05) is 25.0 Å². The Morgan fingerprint density at radius 1 is 1.40 bits per heavy atom. The molecule has 1 aromatic rings. The topological polar surface area (TPSA) is 87.5 Å². The third kappa shape index (κ3) is 3.05. The highest BCUT2D eigenvalue weighted by molar-refractivity contribution is 5.90. The molecule has 108 valence electrons. The minimum Gasteiger partial charge on any atom is -0.317 e. The zero-order valence-corrected chi connectivity index (χ0v) is 11.5. The van der Waals surface area contributed by atoms with Gasteiger partial charge in [0.15, 0.2) is 0 Å². The number of anilines is 1.